The zero-order chi connectivity index (χ0) is 40.4. The van der Waals surface area contributed by atoms with E-state index in [0.29, 0.717) is 0 Å². The van der Waals surface area contributed by atoms with Crippen molar-refractivity contribution in [2.75, 3.05) is 0 Å². The quantitative estimate of drug-likeness (QED) is 0.160. The molecule has 0 amide bonds. The van der Waals surface area contributed by atoms with Crippen molar-refractivity contribution in [3.05, 3.63) is 228 Å². The molecule has 2 aliphatic carbocycles. The summed E-state index contributed by atoms with van der Waals surface area (Å²) in [7, 11) is -3.19. The Hall–Kier alpha value is -6.99. The molecule has 61 heavy (non-hydrogen) atoms. The average molecular weight is 796 g/mol. The van der Waals surface area contributed by atoms with Crippen molar-refractivity contribution in [1.82, 2.24) is 4.57 Å². The third-order valence-electron chi connectivity index (χ3n) is 14.8. The van der Waals surface area contributed by atoms with Crippen LogP contribution in [0.5, 0.6) is 0 Å². The van der Waals surface area contributed by atoms with Gasteiger partial charge in [-0.2, -0.15) is 0 Å². The third-order valence-corrected chi connectivity index (χ3v) is 18.0. The van der Waals surface area contributed by atoms with Gasteiger partial charge in [-0.15, -0.1) is 0 Å². The van der Waals surface area contributed by atoms with E-state index in [4.69, 9.17) is 0 Å². The predicted octanol–water partition coefficient (Wildman–Crippen LogP) is 13.1. The fourth-order valence-corrected chi connectivity index (χ4v) is 15.3. The number of hydrogen-bond donors (Lipinski definition) is 0. The predicted molar refractivity (Wildman–Crippen MR) is 253 cm³/mol. The minimum atomic E-state index is -3.19. The molecular formula is C58H38NOP. The summed E-state index contributed by atoms with van der Waals surface area (Å²) >= 11 is 0. The largest absolute Gasteiger partial charge is 0.309 e. The molecule has 4 aliphatic rings. The molecule has 0 N–H and O–H groups in total. The average Bonchev–Trinajstić information content (AvgIpc) is 3.96. The van der Waals surface area contributed by atoms with E-state index in [1.807, 2.05) is 24.3 Å². The van der Waals surface area contributed by atoms with Crippen molar-refractivity contribution in [3.8, 4) is 50.2 Å². The highest BCUT2D eigenvalue weighted by molar-refractivity contribution is 7.86. The van der Waals surface area contributed by atoms with Crippen LogP contribution >= 0.6 is 7.14 Å². The second kappa shape index (κ2) is 11.4. The van der Waals surface area contributed by atoms with Crippen LogP contribution in [-0.4, -0.2) is 4.57 Å². The second-order valence-electron chi connectivity index (χ2n) is 17.9. The zero-order valence-corrected chi connectivity index (χ0v) is 34.7. The number of fused-ring (bicyclic) bond motifs is 18. The Balaban J connectivity index is 1.11. The normalized spacial score (nSPS) is 19.0. The Kier molecular flexibility index (Phi) is 6.33. The van der Waals surface area contributed by atoms with Crippen molar-refractivity contribution >= 4 is 44.9 Å². The van der Waals surface area contributed by atoms with Crippen molar-refractivity contribution < 1.29 is 4.57 Å². The molecule has 0 radical (unpaired) electrons. The number of aromatic nitrogens is 1. The van der Waals surface area contributed by atoms with E-state index in [9.17, 15) is 0 Å². The van der Waals surface area contributed by atoms with E-state index in [2.05, 4.69) is 188 Å². The van der Waals surface area contributed by atoms with E-state index in [0.717, 1.165) is 32.6 Å². The van der Waals surface area contributed by atoms with Crippen molar-refractivity contribution in [2.45, 2.75) is 24.7 Å². The fourth-order valence-electron chi connectivity index (χ4n) is 12.2. The number of para-hydroxylation sites is 3. The van der Waals surface area contributed by atoms with Gasteiger partial charge in [-0.25, -0.2) is 0 Å². The van der Waals surface area contributed by atoms with Crippen LogP contribution in [0, 0.1) is 0 Å². The lowest BCUT2D eigenvalue weighted by Gasteiger charge is -2.40. The number of rotatable bonds is 2. The molecule has 0 saturated heterocycles. The van der Waals surface area contributed by atoms with Crippen molar-refractivity contribution in [1.29, 1.82) is 0 Å². The Morgan fingerprint density at radius 2 is 1.03 bits per heavy atom. The number of nitrogens with zero attached hydrogens (tertiary/aromatic N) is 1. The lowest BCUT2D eigenvalue weighted by Crippen LogP contribution is -2.33. The smallest absolute Gasteiger partial charge is 0.172 e. The maximum atomic E-state index is 16.0. The van der Waals surface area contributed by atoms with Gasteiger partial charge in [0.2, 0.25) is 0 Å². The summed E-state index contributed by atoms with van der Waals surface area (Å²) < 4.78 is 18.5. The van der Waals surface area contributed by atoms with Crippen LogP contribution in [0.4, 0.5) is 0 Å². The first-order valence-corrected chi connectivity index (χ1v) is 23.1. The Morgan fingerprint density at radius 1 is 0.410 bits per heavy atom. The van der Waals surface area contributed by atoms with E-state index < -0.39 is 12.6 Å². The van der Waals surface area contributed by atoms with Crippen LogP contribution in [0.25, 0.3) is 72.0 Å². The summed E-state index contributed by atoms with van der Waals surface area (Å²) in [5, 5.41) is 5.25. The van der Waals surface area contributed by atoms with Gasteiger partial charge in [-0.1, -0.05) is 172 Å². The van der Waals surface area contributed by atoms with E-state index in [1.165, 1.54) is 88.7 Å². The minimum absolute atomic E-state index is 0.0603. The summed E-state index contributed by atoms with van der Waals surface area (Å²) in [4.78, 5) is 0. The van der Waals surface area contributed by atoms with E-state index in [-0.39, 0.29) is 5.41 Å². The molecule has 3 heterocycles. The first-order valence-electron chi connectivity index (χ1n) is 21.4. The highest BCUT2D eigenvalue weighted by Gasteiger charge is 2.53. The van der Waals surface area contributed by atoms with Gasteiger partial charge in [0.1, 0.15) is 0 Å². The van der Waals surface area contributed by atoms with Crippen LogP contribution in [0.1, 0.15) is 47.2 Å². The van der Waals surface area contributed by atoms with E-state index in [1.54, 1.807) is 0 Å². The van der Waals surface area contributed by atoms with Crippen molar-refractivity contribution in [2.24, 2.45) is 0 Å². The first-order chi connectivity index (χ1) is 29.9. The van der Waals surface area contributed by atoms with Crippen LogP contribution in [-0.2, 0) is 15.4 Å². The standard InChI is InChI=1S/C58H38NOP/c1-57(2)46-21-9-6-17-38(46)43-31-35(28-30-47(43)57)36-27-29-39-44-34-55-45(41-19-8-13-26-54(41)61(55,60)37-15-4-3-5-16-37)33-51(44)58(50(39)32-36)48-22-10-12-25-53(48)59-52-24-11-7-18-40(52)42-20-14-23-49(58)56(42)59/h3-34H,1-2H3. The molecular weight excluding hydrogens is 758 g/mol. The Bertz CT molecular complexity index is 3660. The first kappa shape index (κ1) is 33.8. The molecule has 10 aromatic rings. The molecule has 1 aromatic heterocycles. The van der Waals surface area contributed by atoms with Crippen molar-refractivity contribution in [3.63, 3.8) is 0 Å². The zero-order valence-electron chi connectivity index (χ0n) is 33.8. The summed E-state index contributed by atoms with van der Waals surface area (Å²) in [6, 6.07) is 71.4. The number of benzene rings is 9. The van der Waals surface area contributed by atoms with Gasteiger partial charge in [-0.3, -0.25) is 0 Å². The van der Waals surface area contributed by atoms with E-state index >= 15 is 4.57 Å². The van der Waals surface area contributed by atoms with Crippen LogP contribution in [0.2, 0.25) is 0 Å². The minimum Gasteiger partial charge on any atom is -0.309 e. The lowest BCUT2D eigenvalue weighted by atomic mass is 9.65. The molecule has 2 unspecified atom stereocenters. The molecule has 0 fully saturated rings. The van der Waals surface area contributed by atoms with Gasteiger partial charge >= 0.3 is 0 Å². The summed E-state index contributed by atoms with van der Waals surface area (Å²) in [6.45, 7) is 4.70. The molecule has 286 valence electrons. The van der Waals surface area contributed by atoms with Gasteiger partial charge < -0.3 is 9.13 Å². The van der Waals surface area contributed by atoms with Gasteiger partial charge in [0.05, 0.1) is 22.1 Å². The molecule has 14 rings (SSSR count). The van der Waals surface area contributed by atoms with Gasteiger partial charge in [0.25, 0.3) is 0 Å². The maximum absolute atomic E-state index is 16.0. The lowest BCUT2D eigenvalue weighted by molar-refractivity contribution is 0.593. The van der Waals surface area contributed by atoms with Crippen LogP contribution in [0.15, 0.2) is 194 Å². The molecule has 0 bridgehead atoms. The SMILES string of the molecule is CC1(C)c2ccccc2-c2cc(-c3ccc4c(c3)C3(c5cc6c(cc5-4)P(=O)(c4ccccc4)c4ccccc4-6)c4ccccc4-n4c5ccccc5c5cccc3c54)ccc21. The van der Waals surface area contributed by atoms with Gasteiger partial charge in [-0.05, 0) is 114 Å². The molecule has 2 aliphatic heterocycles. The molecule has 2 nitrogen and oxygen atoms in total. The van der Waals surface area contributed by atoms with Gasteiger partial charge in [0, 0.05) is 32.1 Å². The maximum Gasteiger partial charge on any atom is 0.172 e. The Morgan fingerprint density at radius 3 is 1.92 bits per heavy atom. The molecule has 9 aromatic carbocycles. The molecule has 2 atom stereocenters. The molecule has 1 spiro atoms. The van der Waals surface area contributed by atoms with Crippen LogP contribution < -0.4 is 15.9 Å². The topological polar surface area (TPSA) is 22.0 Å². The Labute approximate surface area is 354 Å². The van der Waals surface area contributed by atoms with Crippen LogP contribution in [0.3, 0.4) is 0 Å². The van der Waals surface area contributed by atoms with Gasteiger partial charge in [0.15, 0.2) is 7.14 Å². The third kappa shape index (κ3) is 3.94. The highest BCUT2D eigenvalue weighted by atomic mass is 31.2. The second-order valence-corrected chi connectivity index (χ2v) is 20.6. The summed E-state index contributed by atoms with van der Waals surface area (Å²) in [5.41, 5.74) is 20.3. The highest BCUT2D eigenvalue weighted by Crippen LogP contribution is 2.64. The summed E-state index contributed by atoms with van der Waals surface area (Å²) in [6.07, 6.45) is 0. The number of hydrogen-bond acceptors (Lipinski definition) is 1. The fraction of sp³-hybridized carbons (Fsp3) is 0.0690. The summed E-state index contributed by atoms with van der Waals surface area (Å²) in [5.74, 6) is 0. The monoisotopic (exact) mass is 795 g/mol. The molecule has 0 saturated carbocycles. The molecule has 3 heteroatoms.